The van der Waals surface area contributed by atoms with E-state index in [2.05, 4.69) is 16.0 Å². The summed E-state index contributed by atoms with van der Waals surface area (Å²) in [6, 6.07) is 8.47. The standard InChI is InChI=1S/C26H27N5O10/c27-23(35)20(15-9-13-3-1-2-4-14(13)10-15)30-24(36)16(7-12-5-6-18(32)17(8-12)31(39)40)29-26(38)22-21(41-22)25(37)28-11-19(33)34/h1-6,8,15-16,20-22,32H,7,9-11H2,(H2,27,35)(H,28,37)(H,29,38)(H,30,36)(H,33,34)/t16-,20-,21+,22?/m1/s1. The fourth-order valence-electron chi connectivity index (χ4n) is 4.82. The number of rotatable bonds is 12. The van der Waals surface area contributed by atoms with Crippen molar-refractivity contribution >= 4 is 35.3 Å². The largest absolute Gasteiger partial charge is 0.502 e. The fourth-order valence-corrected chi connectivity index (χ4v) is 4.82. The number of nitro benzene ring substituents is 1. The number of hydrogen-bond donors (Lipinski definition) is 6. The Labute approximate surface area is 232 Å². The summed E-state index contributed by atoms with van der Waals surface area (Å²) in [5.41, 5.74) is 7.24. The van der Waals surface area contributed by atoms with Crippen molar-refractivity contribution in [1.82, 2.24) is 16.0 Å². The topological polar surface area (TPSA) is 244 Å². The highest BCUT2D eigenvalue weighted by molar-refractivity contribution is 5.98. The number of carbonyl (C=O) groups excluding carboxylic acids is 4. The number of epoxide rings is 1. The number of nitrogens with zero attached hydrogens (tertiary/aromatic N) is 1. The Kier molecular flexibility index (Phi) is 8.47. The van der Waals surface area contributed by atoms with Crippen LogP contribution in [0.2, 0.25) is 0 Å². The number of hydrogen-bond acceptors (Lipinski definition) is 9. The van der Waals surface area contributed by atoms with Crippen LogP contribution in [-0.2, 0) is 48.0 Å². The first-order valence-electron chi connectivity index (χ1n) is 12.5. The second-order valence-corrected chi connectivity index (χ2v) is 9.76. The number of nitrogens with two attached hydrogens (primary N) is 1. The van der Waals surface area contributed by atoms with Crippen molar-refractivity contribution in [2.24, 2.45) is 11.7 Å². The lowest BCUT2D eigenvalue weighted by atomic mass is 9.95. The van der Waals surface area contributed by atoms with Crippen molar-refractivity contribution in [3.63, 3.8) is 0 Å². The number of phenolic OH excluding ortho intramolecular Hbond substituents is 1. The van der Waals surface area contributed by atoms with Crippen molar-refractivity contribution in [1.29, 1.82) is 0 Å². The van der Waals surface area contributed by atoms with E-state index in [1.165, 1.54) is 6.07 Å². The first-order chi connectivity index (χ1) is 19.4. The Morgan fingerprint density at radius 2 is 1.66 bits per heavy atom. The molecule has 0 radical (unpaired) electrons. The molecule has 216 valence electrons. The van der Waals surface area contributed by atoms with Crippen LogP contribution in [0.4, 0.5) is 5.69 Å². The number of aliphatic carboxylic acids is 1. The number of fused-ring (bicyclic) bond motifs is 1. The van der Waals surface area contributed by atoms with Gasteiger partial charge in [0.2, 0.25) is 11.8 Å². The lowest BCUT2D eigenvalue weighted by Gasteiger charge is -2.25. The molecule has 15 nitrogen and oxygen atoms in total. The van der Waals surface area contributed by atoms with Gasteiger partial charge in [-0.25, -0.2) is 0 Å². The van der Waals surface area contributed by atoms with Gasteiger partial charge in [0.05, 0.1) is 4.92 Å². The Morgan fingerprint density at radius 1 is 1.02 bits per heavy atom. The number of benzene rings is 2. The molecule has 4 atom stereocenters. The normalized spacial score (nSPS) is 18.8. The molecule has 1 aliphatic heterocycles. The number of amides is 4. The maximum absolute atomic E-state index is 13.4. The molecule has 1 aliphatic carbocycles. The number of phenols is 1. The van der Waals surface area contributed by atoms with Gasteiger partial charge in [-0.2, -0.15) is 0 Å². The van der Waals surface area contributed by atoms with Gasteiger partial charge in [-0.3, -0.25) is 34.1 Å². The Bertz CT molecular complexity index is 1390. The van der Waals surface area contributed by atoms with Crippen LogP contribution >= 0.6 is 0 Å². The summed E-state index contributed by atoms with van der Waals surface area (Å²) >= 11 is 0. The second kappa shape index (κ2) is 12.0. The molecule has 4 amide bonds. The van der Waals surface area contributed by atoms with E-state index in [4.69, 9.17) is 15.6 Å². The average Bonchev–Trinajstić information content (AvgIpc) is 3.62. The van der Waals surface area contributed by atoms with Crippen molar-refractivity contribution in [2.75, 3.05) is 6.54 Å². The van der Waals surface area contributed by atoms with Gasteiger partial charge in [0, 0.05) is 12.5 Å². The van der Waals surface area contributed by atoms with E-state index in [0.29, 0.717) is 12.8 Å². The number of carboxylic acids is 1. The summed E-state index contributed by atoms with van der Waals surface area (Å²) in [6.07, 6.45) is -1.92. The quantitative estimate of drug-likeness (QED) is 0.1000. The van der Waals surface area contributed by atoms with Crippen molar-refractivity contribution in [3.05, 3.63) is 69.3 Å². The summed E-state index contributed by atoms with van der Waals surface area (Å²) in [5.74, 6) is -5.57. The van der Waals surface area contributed by atoms with Crippen LogP contribution in [0.25, 0.3) is 0 Å². The molecule has 0 spiro atoms. The summed E-state index contributed by atoms with van der Waals surface area (Å²) in [5, 5.41) is 36.9. The molecule has 0 bridgehead atoms. The maximum atomic E-state index is 13.4. The highest BCUT2D eigenvalue weighted by atomic mass is 16.6. The number of aromatic hydroxyl groups is 1. The maximum Gasteiger partial charge on any atom is 0.322 e. The molecule has 1 saturated heterocycles. The molecule has 7 N–H and O–H groups in total. The van der Waals surface area contributed by atoms with Crippen LogP contribution in [0.15, 0.2) is 42.5 Å². The molecular formula is C26H27N5O10. The predicted molar refractivity (Wildman–Crippen MR) is 138 cm³/mol. The summed E-state index contributed by atoms with van der Waals surface area (Å²) in [6.45, 7) is -0.683. The third-order valence-electron chi connectivity index (χ3n) is 6.89. The molecule has 0 aromatic heterocycles. The fraction of sp³-hybridized carbons (Fsp3) is 0.346. The van der Waals surface area contributed by atoms with Gasteiger partial charge in [-0.15, -0.1) is 0 Å². The molecule has 2 aromatic rings. The van der Waals surface area contributed by atoms with E-state index in [1.807, 2.05) is 24.3 Å². The number of nitrogens with one attached hydrogen (secondary N) is 3. The smallest absolute Gasteiger partial charge is 0.322 e. The first-order valence-corrected chi connectivity index (χ1v) is 12.5. The van der Waals surface area contributed by atoms with Gasteiger partial charge in [-0.05, 0) is 41.5 Å². The minimum Gasteiger partial charge on any atom is -0.502 e. The highest BCUT2D eigenvalue weighted by Gasteiger charge is 2.51. The van der Waals surface area contributed by atoms with Crippen LogP contribution in [0, 0.1) is 16.0 Å². The third kappa shape index (κ3) is 6.94. The summed E-state index contributed by atoms with van der Waals surface area (Å²) < 4.78 is 5.06. The molecule has 4 rings (SSSR count). The number of nitro groups is 1. The van der Waals surface area contributed by atoms with Gasteiger partial charge >= 0.3 is 11.7 Å². The Morgan fingerprint density at radius 3 is 2.24 bits per heavy atom. The summed E-state index contributed by atoms with van der Waals surface area (Å²) in [7, 11) is 0. The Hall–Kier alpha value is -5.05. The predicted octanol–water partition coefficient (Wildman–Crippen LogP) is -1.32. The average molecular weight is 570 g/mol. The minimum absolute atomic E-state index is 0.200. The molecule has 1 heterocycles. The van der Waals surface area contributed by atoms with Crippen LogP contribution in [0.5, 0.6) is 5.75 Å². The van der Waals surface area contributed by atoms with E-state index in [1.54, 1.807) is 0 Å². The zero-order chi connectivity index (χ0) is 29.8. The second-order valence-electron chi connectivity index (χ2n) is 9.76. The molecule has 0 saturated carbocycles. The van der Waals surface area contributed by atoms with E-state index in [0.717, 1.165) is 23.3 Å². The summed E-state index contributed by atoms with van der Waals surface area (Å²) in [4.78, 5) is 71.9. The molecule has 1 unspecified atom stereocenters. The monoisotopic (exact) mass is 569 g/mol. The highest BCUT2D eigenvalue weighted by Crippen LogP contribution is 2.30. The number of carboxylic acid groups (broad SMARTS) is 1. The van der Waals surface area contributed by atoms with Gasteiger partial charge in [0.1, 0.15) is 18.6 Å². The molecule has 2 aromatic carbocycles. The van der Waals surface area contributed by atoms with E-state index < -0.39 is 76.8 Å². The van der Waals surface area contributed by atoms with Crippen LogP contribution in [0.3, 0.4) is 0 Å². The lowest BCUT2D eigenvalue weighted by molar-refractivity contribution is -0.385. The van der Waals surface area contributed by atoms with Crippen molar-refractivity contribution in [2.45, 2.75) is 43.6 Å². The molecular weight excluding hydrogens is 542 g/mol. The first kappa shape index (κ1) is 28.9. The minimum atomic E-state index is -1.40. The zero-order valence-corrected chi connectivity index (χ0v) is 21.4. The van der Waals surface area contributed by atoms with Crippen molar-refractivity contribution in [3.8, 4) is 5.75 Å². The van der Waals surface area contributed by atoms with Gasteiger partial charge in [-0.1, -0.05) is 30.3 Å². The molecule has 41 heavy (non-hydrogen) atoms. The zero-order valence-electron chi connectivity index (χ0n) is 21.4. The van der Waals surface area contributed by atoms with E-state index in [9.17, 15) is 39.2 Å². The van der Waals surface area contributed by atoms with Crippen LogP contribution in [0.1, 0.15) is 16.7 Å². The van der Waals surface area contributed by atoms with Crippen LogP contribution in [-0.4, -0.2) is 75.6 Å². The number of primary amides is 1. The number of ether oxygens (including phenoxy) is 1. The number of carbonyl (C=O) groups is 5. The Balaban J connectivity index is 1.51. The third-order valence-corrected chi connectivity index (χ3v) is 6.89. The molecule has 1 fully saturated rings. The lowest BCUT2D eigenvalue weighted by Crippen LogP contribution is -2.56. The van der Waals surface area contributed by atoms with Gasteiger partial charge in [0.25, 0.3) is 11.8 Å². The molecule has 2 aliphatic rings. The molecule has 15 heteroatoms. The van der Waals surface area contributed by atoms with E-state index >= 15 is 0 Å². The van der Waals surface area contributed by atoms with Crippen molar-refractivity contribution < 1.29 is 43.8 Å². The SMILES string of the molecule is NC(=O)[C@H](NC(=O)[C@@H](Cc1ccc(O)c([N+](=O)[O-])c1)NC(=O)C1O[C@@H]1C(=O)NCC(=O)O)C1Cc2ccccc2C1. The van der Waals surface area contributed by atoms with E-state index in [-0.39, 0.29) is 17.9 Å². The van der Waals surface area contributed by atoms with Gasteiger partial charge in [0.15, 0.2) is 18.0 Å². The van der Waals surface area contributed by atoms with Crippen LogP contribution < -0.4 is 21.7 Å². The van der Waals surface area contributed by atoms with Gasteiger partial charge < -0.3 is 36.6 Å².